The van der Waals surface area contributed by atoms with E-state index >= 15 is 0 Å². The molecule has 2 aromatic heterocycles. The van der Waals surface area contributed by atoms with Gasteiger partial charge in [-0.25, -0.2) is 14.8 Å². The Balaban J connectivity index is 2.19. The van der Waals surface area contributed by atoms with E-state index in [4.69, 9.17) is 5.11 Å². The number of hydrogen-bond donors (Lipinski definition) is 2. The number of carbonyl (C=O) groups excluding carboxylic acids is 1. The van der Waals surface area contributed by atoms with Gasteiger partial charge in [0, 0.05) is 11.6 Å². The van der Waals surface area contributed by atoms with Crippen LogP contribution in [0.4, 0.5) is 0 Å². The van der Waals surface area contributed by atoms with E-state index in [1.165, 1.54) is 0 Å². The number of carbonyl (C=O) groups is 2. The first-order chi connectivity index (χ1) is 9.97. The summed E-state index contributed by atoms with van der Waals surface area (Å²) in [5.74, 6) is -1.39. The molecule has 0 aromatic carbocycles. The highest BCUT2D eigenvalue weighted by Gasteiger charge is 2.22. The summed E-state index contributed by atoms with van der Waals surface area (Å²) < 4.78 is 0. The Hall–Kier alpha value is -2.50. The van der Waals surface area contributed by atoms with Crippen LogP contribution in [0.2, 0.25) is 0 Å². The van der Waals surface area contributed by atoms with Gasteiger partial charge in [0.15, 0.2) is 5.65 Å². The monoisotopic (exact) mass is 287 g/mol. The van der Waals surface area contributed by atoms with Crippen molar-refractivity contribution in [3.8, 4) is 0 Å². The number of nitrogens with zero attached hydrogens (tertiary/aromatic N) is 2. The number of rotatable bonds is 5. The summed E-state index contributed by atoms with van der Waals surface area (Å²) in [4.78, 5) is 31.5. The lowest BCUT2D eigenvalue weighted by Gasteiger charge is -2.16. The minimum Gasteiger partial charge on any atom is -0.480 e. The molecule has 1 atom stereocenters. The molecule has 2 N–H and O–H groups in total. The van der Waals surface area contributed by atoms with Crippen LogP contribution in [-0.4, -0.2) is 33.0 Å². The highest BCUT2D eigenvalue weighted by atomic mass is 16.4. The number of carboxylic acid groups (broad SMARTS) is 1. The fraction of sp³-hybridized carbons (Fsp3) is 0.333. The van der Waals surface area contributed by atoms with Crippen molar-refractivity contribution in [2.45, 2.75) is 26.3 Å². The van der Waals surface area contributed by atoms with Crippen LogP contribution in [0.15, 0.2) is 30.5 Å². The average molecular weight is 287 g/mol. The van der Waals surface area contributed by atoms with E-state index in [2.05, 4.69) is 15.3 Å². The van der Waals surface area contributed by atoms with Crippen LogP contribution >= 0.6 is 0 Å². The molecule has 2 rings (SSSR count). The standard InChI is InChI=1S/C15H17N3O3/c1-9(2)8-12(15(20)21)18-14(19)11-6-5-10-4-3-7-16-13(10)17-11/h3-7,9,12H,8H2,1-2H3,(H,18,19)(H,20,21)/t12-/m0/s1. The third kappa shape index (κ3) is 3.75. The second kappa shape index (κ2) is 6.30. The maximum absolute atomic E-state index is 12.1. The van der Waals surface area contributed by atoms with E-state index in [9.17, 15) is 9.59 Å². The minimum absolute atomic E-state index is 0.163. The van der Waals surface area contributed by atoms with Crippen molar-refractivity contribution in [1.82, 2.24) is 15.3 Å². The highest BCUT2D eigenvalue weighted by Crippen LogP contribution is 2.10. The molecule has 0 spiro atoms. The second-order valence-electron chi connectivity index (χ2n) is 5.24. The van der Waals surface area contributed by atoms with E-state index in [1.54, 1.807) is 24.4 Å². The number of amides is 1. The molecule has 0 aliphatic rings. The molecule has 0 fully saturated rings. The Morgan fingerprint density at radius 3 is 2.71 bits per heavy atom. The summed E-state index contributed by atoms with van der Waals surface area (Å²) in [7, 11) is 0. The lowest BCUT2D eigenvalue weighted by atomic mass is 10.0. The molecule has 0 saturated carbocycles. The van der Waals surface area contributed by atoms with Gasteiger partial charge >= 0.3 is 5.97 Å². The Morgan fingerprint density at radius 2 is 2.05 bits per heavy atom. The molecule has 6 heteroatoms. The van der Waals surface area contributed by atoms with Gasteiger partial charge in [0.25, 0.3) is 5.91 Å². The molecule has 0 aliphatic heterocycles. The van der Waals surface area contributed by atoms with E-state index < -0.39 is 17.9 Å². The molecule has 6 nitrogen and oxygen atoms in total. The smallest absolute Gasteiger partial charge is 0.326 e. The van der Waals surface area contributed by atoms with Crippen molar-refractivity contribution in [2.24, 2.45) is 5.92 Å². The largest absolute Gasteiger partial charge is 0.480 e. The van der Waals surface area contributed by atoms with Gasteiger partial charge in [-0.2, -0.15) is 0 Å². The summed E-state index contributed by atoms with van der Waals surface area (Å²) in [5, 5.41) is 12.5. The second-order valence-corrected chi connectivity index (χ2v) is 5.24. The Bertz CT molecular complexity index is 670. The van der Waals surface area contributed by atoms with Gasteiger partial charge in [-0.15, -0.1) is 0 Å². The molecule has 0 unspecified atom stereocenters. The van der Waals surface area contributed by atoms with Gasteiger partial charge in [0.1, 0.15) is 11.7 Å². The minimum atomic E-state index is -1.05. The number of fused-ring (bicyclic) bond motifs is 1. The first-order valence-corrected chi connectivity index (χ1v) is 6.73. The topological polar surface area (TPSA) is 92.2 Å². The maximum Gasteiger partial charge on any atom is 0.326 e. The quantitative estimate of drug-likeness (QED) is 0.875. The van der Waals surface area contributed by atoms with Gasteiger partial charge in [-0.05, 0) is 36.6 Å². The lowest BCUT2D eigenvalue weighted by molar-refractivity contribution is -0.139. The number of pyridine rings is 2. The first-order valence-electron chi connectivity index (χ1n) is 6.73. The summed E-state index contributed by atoms with van der Waals surface area (Å²) in [6.07, 6.45) is 1.96. The first kappa shape index (κ1) is 14.9. The van der Waals surface area contributed by atoms with Crippen molar-refractivity contribution in [3.63, 3.8) is 0 Å². The van der Waals surface area contributed by atoms with Crippen molar-refractivity contribution >= 4 is 22.9 Å². The SMILES string of the molecule is CC(C)C[C@H](NC(=O)c1ccc2cccnc2n1)C(=O)O. The number of aromatic nitrogens is 2. The molecule has 2 aromatic rings. The molecule has 110 valence electrons. The van der Waals surface area contributed by atoms with Crippen LogP contribution in [0.1, 0.15) is 30.8 Å². The Morgan fingerprint density at radius 1 is 1.29 bits per heavy atom. The van der Waals surface area contributed by atoms with Gasteiger partial charge in [-0.3, -0.25) is 4.79 Å². The average Bonchev–Trinajstić information content (AvgIpc) is 2.45. The number of carboxylic acids is 1. The van der Waals surface area contributed by atoms with E-state index in [1.807, 2.05) is 19.9 Å². The summed E-state index contributed by atoms with van der Waals surface area (Å²) >= 11 is 0. The van der Waals surface area contributed by atoms with Crippen LogP contribution in [-0.2, 0) is 4.79 Å². The predicted octanol–water partition coefficient (Wildman–Crippen LogP) is 1.86. The lowest BCUT2D eigenvalue weighted by Crippen LogP contribution is -2.41. The molecule has 0 bridgehead atoms. The number of hydrogen-bond acceptors (Lipinski definition) is 4. The predicted molar refractivity (Wildman–Crippen MR) is 77.9 cm³/mol. The molecular formula is C15H17N3O3. The van der Waals surface area contributed by atoms with Crippen LogP contribution in [0.25, 0.3) is 11.0 Å². The van der Waals surface area contributed by atoms with Gasteiger partial charge in [0.05, 0.1) is 0 Å². The van der Waals surface area contributed by atoms with Gasteiger partial charge in [0.2, 0.25) is 0 Å². The van der Waals surface area contributed by atoms with Gasteiger partial charge < -0.3 is 10.4 Å². The van der Waals surface area contributed by atoms with Crippen molar-refractivity contribution in [1.29, 1.82) is 0 Å². The molecular weight excluding hydrogens is 270 g/mol. The van der Waals surface area contributed by atoms with Gasteiger partial charge in [-0.1, -0.05) is 13.8 Å². The fourth-order valence-electron chi connectivity index (χ4n) is 2.00. The van der Waals surface area contributed by atoms with Crippen LogP contribution in [0.3, 0.4) is 0 Å². The Kier molecular flexibility index (Phi) is 4.47. The molecule has 0 aliphatic carbocycles. The third-order valence-corrected chi connectivity index (χ3v) is 3.01. The normalized spacial score (nSPS) is 12.3. The maximum atomic E-state index is 12.1. The third-order valence-electron chi connectivity index (χ3n) is 3.01. The molecule has 0 saturated heterocycles. The van der Waals surface area contributed by atoms with E-state index in [0.717, 1.165) is 5.39 Å². The van der Waals surface area contributed by atoms with Crippen LogP contribution in [0, 0.1) is 5.92 Å². The fourth-order valence-corrected chi connectivity index (χ4v) is 2.00. The molecule has 21 heavy (non-hydrogen) atoms. The Labute approximate surface area is 122 Å². The van der Waals surface area contributed by atoms with Crippen molar-refractivity contribution < 1.29 is 14.7 Å². The highest BCUT2D eigenvalue weighted by molar-refractivity contribution is 5.96. The zero-order valence-corrected chi connectivity index (χ0v) is 11.9. The zero-order valence-electron chi connectivity index (χ0n) is 11.9. The van der Waals surface area contributed by atoms with E-state index in [0.29, 0.717) is 12.1 Å². The molecule has 1 amide bonds. The van der Waals surface area contributed by atoms with Crippen molar-refractivity contribution in [2.75, 3.05) is 0 Å². The van der Waals surface area contributed by atoms with Crippen LogP contribution < -0.4 is 5.32 Å². The summed E-state index contributed by atoms with van der Waals surface area (Å²) in [6, 6.07) is 6.01. The van der Waals surface area contributed by atoms with Crippen molar-refractivity contribution in [3.05, 3.63) is 36.2 Å². The summed E-state index contributed by atoms with van der Waals surface area (Å²) in [5.41, 5.74) is 0.622. The number of nitrogens with one attached hydrogen (secondary N) is 1. The van der Waals surface area contributed by atoms with Crippen LogP contribution in [0.5, 0.6) is 0 Å². The zero-order chi connectivity index (χ0) is 15.4. The summed E-state index contributed by atoms with van der Waals surface area (Å²) in [6.45, 7) is 3.81. The number of aliphatic carboxylic acids is 1. The molecule has 0 radical (unpaired) electrons. The molecule has 2 heterocycles. The van der Waals surface area contributed by atoms with E-state index in [-0.39, 0.29) is 11.6 Å².